The van der Waals surface area contributed by atoms with E-state index in [1.165, 1.54) is 0 Å². The van der Waals surface area contributed by atoms with Crippen molar-refractivity contribution >= 4 is 5.91 Å². The van der Waals surface area contributed by atoms with Gasteiger partial charge in [0.25, 0.3) is 5.91 Å². The van der Waals surface area contributed by atoms with E-state index in [4.69, 9.17) is 20.0 Å². The fraction of sp³-hybridized carbons (Fsp3) is 0.400. The summed E-state index contributed by atoms with van der Waals surface area (Å²) >= 11 is 0. The quantitative estimate of drug-likeness (QED) is 0.723. The average molecular weight is 227 g/mol. The van der Waals surface area contributed by atoms with Crippen molar-refractivity contribution in [1.29, 1.82) is 0 Å². The molecule has 0 saturated heterocycles. The second kappa shape index (κ2) is 5.32. The standard InChI is InChI=1S/C10H13NO5/c1-2-8(10(11)14)16-9-5-15-6(4-12)3-7(9)13/h3,5,8,12H,2,4H2,1H3,(H2,11,14). The van der Waals surface area contributed by atoms with Gasteiger partial charge >= 0.3 is 0 Å². The maximum Gasteiger partial charge on any atom is 0.258 e. The van der Waals surface area contributed by atoms with Gasteiger partial charge in [0.05, 0.1) is 0 Å². The van der Waals surface area contributed by atoms with Crippen molar-refractivity contribution in [3.05, 3.63) is 28.3 Å². The van der Waals surface area contributed by atoms with E-state index < -0.39 is 17.4 Å². The first kappa shape index (κ1) is 12.3. The molecule has 0 radical (unpaired) electrons. The number of ether oxygens (including phenoxy) is 1. The number of hydrogen-bond donors (Lipinski definition) is 2. The third kappa shape index (κ3) is 2.83. The fourth-order valence-corrected chi connectivity index (χ4v) is 1.10. The van der Waals surface area contributed by atoms with Crippen LogP contribution < -0.4 is 15.9 Å². The van der Waals surface area contributed by atoms with Crippen LogP contribution in [0.5, 0.6) is 5.75 Å². The maximum absolute atomic E-state index is 11.4. The van der Waals surface area contributed by atoms with Gasteiger partial charge in [-0.2, -0.15) is 0 Å². The molecule has 16 heavy (non-hydrogen) atoms. The molecule has 0 spiro atoms. The summed E-state index contributed by atoms with van der Waals surface area (Å²) in [6, 6.07) is 1.10. The maximum atomic E-state index is 11.4. The van der Waals surface area contributed by atoms with Crippen LogP contribution in [0.3, 0.4) is 0 Å². The van der Waals surface area contributed by atoms with Crippen LogP contribution in [0, 0.1) is 0 Å². The predicted octanol–water partition coefficient (Wildman–Crippen LogP) is -0.225. The van der Waals surface area contributed by atoms with Crippen molar-refractivity contribution < 1.29 is 19.1 Å². The zero-order valence-corrected chi connectivity index (χ0v) is 8.80. The molecule has 0 aliphatic carbocycles. The van der Waals surface area contributed by atoms with Gasteiger partial charge in [0.15, 0.2) is 6.10 Å². The largest absolute Gasteiger partial charge is 0.473 e. The zero-order chi connectivity index (χ0) is 12.1. The highest BCUT2D eigenvalue weighted by Crippen LogP contribution is 2.09. The monoisotopic (exact) mass is 227 g/mol. The predicted molar refractivity (Wildman–Crippen MR) is 54.8 cm³/mol. The summed E-state index contributed by atoms with van der Waals surface area (Å²) < 4.78 is 9.98. The highest BCUT2D eigenvalue weighted by molar-refractivity contribution is 5.79. The first-order valence-electron chi connectivity index (χ1n) is 4.77. The highest BCUT2D eigenvalue weighted by Gasteiger charge is 2.16. The Balaban J connectivity index is 2.89. The van der Waals surface area contributed by atoms with Gasteiger partial charge in [-0.3, -0.25) is 9.59 Å². The molecular formula is C10H13NO5. The second-order valence-electron chi connectivity index (χ2n) is 3.15. The number of carbonyl (C=O) groups excluding carboxylic acids is 1. The molecule has 88 valence electrons. The molecule has 1 rings (SSSR count). The lowest BCUT2D eigenvalue weighted by atomic mass is 10.2. The van der Waals surface area contributed by atoms with Crippen molar-refractivity contribution in [3.63, 3.8) is 0 Å². The van der Waals surface area contributed by atoms with Crippen molar-refractivity contribution in [3.8, 4) is 5.75 Å². The number of primary amides is 1. The van der Waals surface area contributed by atoms with E-state index in [1.807, 2.05) is 0 Å². The van der Waals surface area contributed by atoms with Crippen molar-refractivity contribution in [2.24, 2.45) is 5.73 Å². The molecule has 1 aromatic heterocycles. The molecule has 0 fully saturated rings. The summed E-state index contributed by atoms with van der Waals surface area (Å²) in [6.45, 7) is 1.34. The second-order valence-corrected chi connectivity index (χ2v) is 3.15. The smallest absolute Gasteiger partial charge is 0.258 e. The van der Waals surface area contributed by atoms with Crippen molar-refractivity contribution in [2.75, 3.05) is 0 Å². The molecule has 1 unspecified atom stereocenters. The zero-order valence-electron chi connectivity index (χ0n) is 8.80. The highest BCUT2D eigenvalue weighted by atomic mass is 16.5. The number of aliphatic hydroxyl groups excluding tert-OH is 1. The Kier molecular flexibility index (Phi) is 4.07. The van der Waals surface area contributed by atoms with Gasteiger partial charge in [-0.25, -0.2) is 0 Å². The summed E-state index contributed by atoms with van der Waals surface area (Å²) in [5.74, 6) is -0.611. The van der Waals surface area contributed by atoms with E-state index in [1.54, 1.807) is 6.92 Å². The third-order valence-electron chi connectivity index (χ3n) is 1.97. The molecule has 6 heteroatoms. The molecule has 3 N–H and O–H groups in total. The Bertz CT molecular complexity index is 425. The lowest BCUT2D eigenvalue weighted by Gasteiger charge is -2.12. The SMILES string of the molecule is CCC(Oc1coc(CO)cc1=O)C(N)=O. The normalized spacial score (nSPS) is 12.1. The van der Waals surface area contributed by atoms with Crippen LogP contribution in [0.2, 0.25) is 0 Å². The Hall–Kier alpha value is -1.82. The van der Waals surface area contributed by atoms with E-state index in [2.05, 4.69) is 0 Å². The molecule has 1 heterocycles. The Morgan fingerprint density at radius 3 is 2.81 bits per heavy atom. The fourth-order valence-electron chi connectivity index (χ4n) is 1.10. The number of amides is 1. The van der Waals surface area contributed by atoms with Crippen molar-refractivity contribution in [1.82, 2.24) is 0 Å². The molecular weight excluding hydrogens is 214 g/mol. The van der Waals surface area contributed by atoms with Crippen LogP contribution >= 0.6 is 0 Å². The molecule has 1 amide bonds. The average Bonchev–Trinajstić information content (AvgIpc) is 2.26. The third-order valence-corrected chi connectivity index (χ3v) is 1.97. The number of carbonyl (C=O) groups is 1. The summed E-state index contributed by atoms with van der Waals surface area (Å²) in [5, 5.41) is 8.72. The van der Waals surface area contributed by atoms with E-state index in [9.17, 15) is 9.59 Å². The van der Waals surface area contributed by atoms with E-state index in [-0.39, 0.29) is 18.1 Å². The van der Waals surface area contributed by atoms with E-state index in [0.29, 0.717) is 6.42 Å². The number of nitrogens with two attached hydrogens (primary N) is 1. The molecule has 0 aliphatic heterocycles. The topological polar surface area (TPSA) is 103 Å². The van der Waals surface area contributed by atoms with E-state index >= 15 is 0 Å². The lowest BCUT2D eigenvalue weighted by Crippen LogP contribution is -2.34. The summed E-state index contributed by atoms with van der Waals surface area (Å²) in [7, 11) is 0. The summed E-state index contributed by atoms with van der Waals surface area (Å²) in [4.78, 5) is 22.3. The molecule has 0 aliphatic rings. The lowest BCUT2D eigenvalue weighted by molar-refractivity contribution is -0.124. The first-order chi connectivity index (χ1) is 7.58. The van der Waals surface area contributed by atoms with E-state index in [0.717, 1.165) is 12.3 Å². The molecule has 0 bridgehead atoms. The minimum absolute atomic E-state index is 0.0946. The van der Waals surface area contributed by atoms with Crippen molar-refractivity contribution in [2.45, 2.75) is 26.1 Å². The van der Waals surface area contributed by atoms with Gasteiger partial charge in [-0.15, -0.1) is 0 Å². The molecule has 1 aromatic rings. The van der Waals surface area contributed by atoms with Crippen LogP contribution in [0.4, 0.5) is 0 Å². The number of rotatable bonds is 5. The van der Waals surface area contributed by atoms with Crippen LogP contribution in [0.25, 0.3) is 0 Å². The van der Waals surface area contributed by atoms with Gasteiger partial charge in [0.2, 0.25) is 11.2 Å². The van der Waals surface area contributed by atoms with Crippen LogP contribution in [0.15, 0.2) is 21.5 Å². The summed E-state index contributed by atoms with van der Waals surface area (Å²) in [5.41, 5.74) is 4.60. The number of hydrogen-bond acceptors (Lipinski definition) is 5. The Morgan fingerprint density at radius 1 is 1.69 bits per heavy atom. The van der Waals surface area contributed by atoms with Crippen LogP contribution in [0.1, 0.15) is 19.1 Å². The molecule has 0 aromatic carbocycles. The van der Waals surface area contributed by atoms with Gasteiger partial charge < -0.3 is 20.0 Å². The van der Waals surface area contributed by atoms with Gasteiger partial charge in [0.1, 0.15) is 18.6 Å². The van der Waals surface area contributed by atoms with Crippen LogP contribution in [-0.2, 0) is 11.4 Å². The van der Waals surface area contributed by atoms with Gasteiger partial charge in [0, 0.05) is 6.07 Å². The van der Waals surface area contributed by atoms with Gasteiger partial charge in [-0.05, 0) is 6.42 Å². The Morgan fingerprint density at radius 2 is 2.38 bits per heavy atom. The Labute approximate surface area is 91.6 Å². The molecule has 6 nitrogen and oxygen atoms in total. The number of aliphatic hydroxyl groups is 1. The molecule has 0 saturated carbocycles. The minimum atomic E-state index is -0.858. The minimum Gasteiger partial charge on any atom is -0.473 e. The first-order valence-corrected chi connectivity index (χ1v) is 4.77. The van der Waals surface area contributed by atoms with Crippen LogP contribution in [-0.4, -0.2) is 17.1 Å². The molecule has 1 atom stereocenters. The van der Waals surface area contributed by atoms with Gasteiger partial charge in [-0.1, -0.05) is 6.92 Å². The summed E-state index contributed by atoms with van der Waals surface area (Å²) in [6.07, 6.45) is 0.554.